The Morgan fingerprint density at radius 3 is 3.29 bits per heavy atom. The Balaban J connectivity index is 1.88. The molecule has 2 heterocycles. The van der Waals surface area contributed by atoms with Crippen molar-refractivity contribution in [1.29, 1.82) is 0 Å². The number of likely N-dealkylation sites (tertiary alicyclic amines) is 1. The van der Waals surface area contributed by atoms with Gasteiger partial charge in [-0.1, -0.05) is 13.0 Å². The van der Waals surface area contributed by atoms with Crippen LogP contribution in [-0.4, -0.2) is 40.1 Å². The fourth-order valence-corrected chi connectivity index (χ4v) is 2.51. The lowest BCUT2D eigenvalue weighted by atomic mass is 10.2. The molecule has 0 aromatic carbocycles. The molecule has 1 aromatic heterocycles. The van der Waals surface area contributed by atoms with Gasteiger partial charge >= 0.3 is 0 Å². The largest absolute Gasteiger partial charge is 0.354 e. The maximum absolute atomic E-state index is 4.33. The van der Waals surface area contributed by atoms with Gasteiger partial charge in [0.05, 0.1) is 0 Å². The minimum absolute atomic E-state index is 0.661. The van der Waals surface area contributed by atoms with Crippen LogP contribution in [0.1, 0.15) is 19.8 Å². The molecule has 94 valence electrons. The summed E-state index contributed by atoms with van der Waals surface area (Å²) >= 11 is 0. The van der Waals surface area contributed by atoms with Crippen molar-refractivity contribution in [3.05, 3.63) is 25.0 Å². The molecule has 0 aliphatic carbocycles. The van der Waals surface area contributed by atoms with Gasteiger partial charge < -0.3 is 9.88 Å². The molecule has 1 atom stereocenters. The molecular formula is C13H22N4. The number of allylic oxidation sites excluding steroid dienone is 1. The number of rotatable bonds is 6. The minimum Gasteiger partial charge on any atom is -0.354 e. The highest BCUT2D eigenvalue weighted by molar-refractivity contribution is 5.26. The monoisotopic (exact) mass is 234 g/mol. The van der Waals surface area contributed by atoms with Gasteiger partial charge in [0.15, 0.2) is 0 Å². The zero-order valence-electron chi connectivity index (χ0n) is 10.6. The van der Waals surface area contributed by atoms with Gasteiger partial charge in [0.25, 0.3) is 0 Å². The van der Waals surface area contributed by atoms with E-state index in [1.807, 2.05) is 18.5 Å². The van der Waals surface area contributed by atoms with Crippen molar-refractivity contribution in [3.63, 3.8) is 0 Å². The molecule has 1 aromatic rings. The molecule has 1 fully saturated rings. The molecule has 4 nitrogen and oxygen atoms in total. The number of aromatic nitrogens is 2. The summed E-state index contributed by atoms with van der Waals surface area (Å²) in [5.74, 6) is 0.952. The molecule has 0 radical (unpaired) electrons. The molecule has 1 aliphatic rings. The number of hydrogen-bond donors (Lipinski definition) is 1. The molecule has 0 amide bonds. The van der Waals surface area contributed by atoms with Crippen LogP contribution in [0.5, 0.6) is 0 Å². The molecule has 1 aliphatic heterocycles. The average molecular weight is 234 g/mol. The van der Waals surface area contributed by atoms with E-state index in [-0.39, 0.29) is 0 Å². The molecule has 2 rings (SSSR count). The summed E-state index contributed by atoms with van der Waals surface area (Å²) in [4.78, 5) is 6.87. The lowest BCUT2D eigenvalue weighted by Crippen LogP contribution is -2.35. The van der Waals surface area contributed by atoms with Gasteiger partial charge in [0, 0.05) is 31.5 Å². The second-order valence-corrected chi connectivity index (χ2v) is 4.50. The van der Waals surface area contributed by atoms with Crippen molar-refractivity contribution in [2.24, 2.45) is 0 Å². The van der Waals surface area contributed by atoms with Crippen molar-refractivity contribution in [3.8, 4) is 0 Å². The quantitative estimate of drug-likeness (QED) is 0.764. The predicted octanol–water partition coefficient (Wildman–Crippen LogP) is 1.97. The first-order valence-electron chi connectivity index (χ1n) is 6.45. The molecule has 1 N–H and O–H groups in total. The number of likely N-dealkylation sites (N-methyl/N-ethyl adjacent to an activating group) is 1. The van der Waals surface area contributed by atoms with Crippen LogP contribution in [0.2, 0.25) is 0 Å². The lowest BCUT2D eigenvalue weighted by Gasteiger charge is -2.23. The van der Waals surface area contributed by atoms with Gasteiger partial charge in [-0.3, -0.25) is 4.90 Å². The summed E-state index contributed by atoms with van der Waals surface area (Å²) < 4.78 is 2.08. The summed E-state index contributed by atoms with van der Waals surface area (Å²) in [5, 5.41) is 3.45. The Morgan fingerprint density at radius 2 is 2.53 bits per heavy atom. The van der Waals surface area contributed by atoms with Crippen LogP contribution in [0.4, 0.5) is 5.95 Å². The average Bonchev–Trinajstić information content (AvgIpc) is 2.95. The van der Waals surface area contributed by atoms with E-state index in [0.717, 1.165) is 25.6 Å². The zero-order valence-corrected chi connectivity index (χ0v) is 10.6. The predicted molar refractivity (Wildman–Crippen MR) is 71.2 cm³/mol. The second kappa shape index (κ2) is 5.87. The number of nitrogens with one attached hydrogen (secondary N) is 1. The number of nitrogens with zero attached hydrogens (tertiary/aromatic N) is 3. The van der Waals surface area contributed by atoms with Crippen LogP contribution in [0, 0.1) is 0 Å². The summed E-state index contributed by atoms with van der Waals surface area (Å²) in [7, 11) is 0. The standard InChI is InChI=1S/C13H22N4/c1-3-8-17-10-7-14-13(17)15-11-12-6-5-9-16(12)4-2/h3,7,10,12H,1,4-6,8-9,11H2,2H3,(H,14,15). The van der Waals surface area contributed by atoms with E-state index in [1.165, 1.54) is 19.4 Å². The van der Waals surface area contributed by atoms with Gasteiger partial charge in [-0.15, -0.1) is 6.58 Å². The van der Waals surface area contributed by atoms with Crippen LogP contribution in [0.25, 0.3) is 0 Å². The summed E-state index contributed by atoms with van der Waals surface area (Å²) in [6, 6.07) is 0.661. The third-order valence-corrected chi connectivity index (χ3v) is 3.44. The maximum atomic E-state index is 4.33. The molecule has 4 heteroatoms. The van der Waals surface area contributed by atoms with E-state index in [2.05, 4.69) is 33.3 Å². The van der Waals surface area contributed by atoms with E-state index in [9.17, 15) is 0 Å². The van der Waals surface area contributed by atoms with Crippen molar-refractivity contribution in [1.82, 2.24) is 14.5 Å². The van der Waals surface area contributed by atoms with Crippen LogP contribution < -0.4 is 5.32 Å². The smallest absolute Gasteiger partial charge is 0.203 e. The van der Waals surface area contributed by atoms with E-state index in [4.69, 9.17) is 0 Å². The Kier molecular flexibility index (Phi) is 4.20. The van der Waals surface area contributed by atoms with Gasteiger partial charge in [0.1, 0.15) is 0 Å². The number of imidazole rings is 1. The van der Waals surface area contributed by atoms with E-state index >= 15 is 0 Å². The molecule has 17 heavy (non-hydrogen) atoms. The van der Waals surface area contributed by atoms with Crippen molar-refractivity contribution < 1.29 is 0 Å². The summed E-state index contributed by atoms with van der Waals surface area (Å²) in [6.45, 7) is 10.2. The highest BCUT2D eigenvalue weighted by atomic mass is 15.2. The highest BCUT2D eigenvalue weighted by Crippen LogP contribution is 2.17. The first-order valence-corrected chi connectivity index (χ1v) is 6.45. The lowest BCUT2D eigenvalue weighted by molar-refractivity contribution is 0.276. The molecule has 1 unspecified atom stereocenters. The van der Waals surface area contributed by atoms with Gasteiger partial charge in [0.2, 0.25) is 5.95 Å². The molecular weight excluding hydrogens is 212 g/mol. The first-order chi connectivity index (χ1) is 8.35. The van der Waals surface area contributed by atoms with Crippen LogP contribution in [0.3, 0.4) is 0 Å². The van der Waals surface area contributed by atoms with Crippen molar-refractivity contribution >= 4 is 5.95 Å². The first kappa shape index (κ1) is 12.2. The zero-order chi connectivity index (χ0) is 12.1. The topological polar surface area (TPSA) is 33.1 Å². The molecule has 1 saturated heterocycles. The normalized spacial score (nSPS) is 20.6. The van der Waals surface area contributed by atoms with Crippen LogP contribution >= 0.6 is 0 Å². The maximum Gasteiger partial charge on any atom is 0.203 e. The fourth-order valence-electron chi connectivity index (χ4n) is 2.51. The molecule has 0 saturated carbocycles. The SMILES string of the molecule is C=CCn1ccnc1NCC1CCCN1CC. The van der Waals surface area contributed by atoms with Gasteiger partial charge in [-0.2, -0.15) is 0 Å². The van der Waals surface area contributed by atoms with Gasteiger partial charge in [-0.25, -0.2) is 4.98 Å². The van der Waals surface area contributed by atoms with Crippen molar-refractivity contribution in [2.45, 2.75) is 32.4 Å². The second-order valence-electron chi connectivity index (χ2n) is 4.50. The molecule has 0 spiro atoms. The summed E-state index contributed by atoms with van der Waals surface area (Å²) in [6.07, 6.45) is 8.32. The van der Waals surface area contributed by atoms with E-state index in [1.54, 1.807) is 0 Å². The van der Waals surface area contributed by atoms with E-state index in [0.29, 0.717) is 6.04 Å². The third kappa shape index (κ3) is 2.88. The van der Waals surface area contributed by atoms with Crippen LogP contribution in [-0.2, 0) is 6.54 Å². The molecule has 0 bridgehead atoms. The highest BCUT2D eigenvalue weighted by Gasteiger charge is 2.22. The van der Waals surface area contributed by atoms with Gasteiger partial charge in [-0.05, 0) is 25.9 Å². The number of anilines is 1. The Hall–Kier alpha value is -1.29. The van der Waals surface area contributed by atoms with Crippen LogP contribution in [0.15, 0.2) is 25.0 Å². The summed E-state index contributed by atoms with van der Waals surface area (Å²) in [5.41, 5.74) is 0. The number of hydrogen-bond acceptors (Lipinski definition) is 3. The third-order valence-electron chi connectivity index (χ3n) is 3.44. The minimum atomic E-state index is 0.661. The Labute approximate surface area is 103 Å². The van der Waals surface area contributed by atoms with Crippen molar-refractivity contribution in [2.75, 3.05) is 25.0 Å². The Bertz CT molecular complexity index is 358. The Morgan fingerprint density at radius 1 is 1.65 bits per heavy atom. The fraction of sp³-hybridized carbons (Fsp3) is 0.615. The van der Waals surface area contributed by atoms with E-state index < -0.39 is 0 Å².